The summed E-state index contributed by atoms with van der Waals surface area (Å²) in [6.45, 7) is 0. The topological polar surface area (TPSA) is 129 Å². The monoisotopic (exact) mass is 325 g/mol. The number of rotatable bonds is 5. The van der Waals surface area contributed by atoms with Crippen molar-refractivity contribution < 1.29 is 9.72 Å². The Morgan fingerprint density at radius 1 is 1.21 bits per heavy atom. The fraction of sp³-hybridized carbons (Fsp3) is 0.0714. The van der Waals surface area contributed by atoms with Crippen LogP contribution >= 0.6 is 0 Å². The highest BCUT2D eigenvalue weighted by atomic mass is 16.6. The van der Waals surface area contributed by atoms with Gasteiger partial charge in [-0.25, -0.2) is 19.6 Å². The van der Waals surface area contributed by atoms with Gasteiger partial charge in [0.25, 0.3) is 5.69 Å². The standard InChI is InChI=1S/C14H11N7O3/c22-14(5-10-1-3-11(4-2-10)21(23)24)19-12-6-13(17-8-16-12)20-9-15-7-18-20/h1-4,6-9H,5H2,(H,16,17,19,22). The van der Waals surface area contributed by atoms with E-state index < -0.39 is 4.92 Å². The van der Waals surface area contributed by atoms with Gasteiger partial charge in [-0.05, 0) is 5.56 Å². The largest absolute Gasteiger partial charge is 0.310 e. The van der Waals surface area contributed by atoms with E-state index in [4.69, 9.17) is 0 Å². The Bertz CT molecular complexity index is 862. The summed E-state index contributed by atoms with van der Waals surface area (Å²) < 4.78 is 1.44. The molecule has 0 fully saturated rings. The average molecular weight is 325 g/mol. The van der Waals surface area contributed by atoms with E-state index in [9.17, 15) is 14.9 Å². The highest BCUT2D eigenvalue weighted by molar-refractivity contribution is 5.91. The van der Waals surface area contributed by atoms with Gasteiger partial charge in [-0.3, -0.25) is 14.9 Å². The number of anilines is 1. The third kappa shape index (κ3) is 3.55. The van der Waals surface area contributed by atoms with Crippen LogP contribution in [0.1, 0.15) is 5.56 Å². The van der Waals surface area contributed by atoms with Gasteiger partial charge in [0.2, 0.25) is 5.91 Å². The van der Waals surface area contributed by atoms with E-state index in [1.165, 1.54) is 35.8 Å². The molecule has 0 bridgehead atoms. The van der Waals surface area contributed by atoms with Crippen LogP contribution in [0.4, 0.5) is 11.5 Å². The predicted octanol–water partition coefficient (Wildman–Crippen LogP) is 1.15. The summed E-state index contributed by atoms with van der Waals surface area (Å²) in [5.41, 5.74) is 0.635. The Morgan fingerprint density at radius 2 is 2.00 bits per heavy atom. The molecule has 2 heterocycles. The summed E-state index contributed by atoms with van der Waals surface area (Å²) in [7, 11) is 0. The fourth-order valence-corrected chi connectivity index (χ4v) is 1.98. The minimum Gasteiger partial charge on any atom is -0.310 e. The normalized spacial score (nSPS) is 10.3. The van der Waals surface area contributed by atoms with Gasteiger partial charge in [0.1, 0.15) is 24.8 Å². The molecule has 2 aromatic heterocycles. The molecular weight excluding hydrogens is 314 g/mol. The maximum Gasteiger partial charge on any atom is 0.269 e. The first kappa shape index (κ1) is 15.2. The van der Waals surface area contributed by atoms with Gasteiger partial charge in [-0.2, -0.15) is 5.10 Å². The van der Waals surface area contributed by atoms with Crippen molar-refractivity contribution in [3.05, 3.63) is 65.0 Å². The van der Waals surface area contributed by atoms with Gasteiger partial charge in [-0.1, -0.05) is 12.1 Å². The van der Waals surface area contributed by atoms with Crippen molar-refractivity contribution in [1.82, 2.24) is 24.7 Å². The van der Waals surface area contributed by atoms with Gasteiger partial charge in [0.15, 0.2) is 5.82 Å². The van der Waals surface area contributed by atoms with E-state index in [2.05, 4.69) is 25.4 Å². The molecule has 1 amide bonds. The lowest BCUT2D eigenvalue weighted by atomic mass is 10.1. The predicted molar refractivity (Wildman–Crippen MR) is 82.4 cm³/mol. The fourth-order valence-electron chi connectivity index (χ4n) is 1.98. The first-order valence-electron chi connectivity index (χ1n) is 6.82. The van der Waals surface area contributed by atoms with Crippen molar-refractivity contribution in [2.45, 2.75) is 6.42 Å². The summed E-state index contributed by atoms with van der Waals surface area (Å²) in [4.78, 5) is 34.0. The van der Waals surface area contributed by atoms with Crippen LogP contribution in [-0.4, -0.2) is 35.6 Å². The number of nitro groups is 1. The maximum atomic E-state index is 12.1. The number of nitrogens with zero attached hydrogens (tertiary/aromatic N) is 6. The quantitative estimate of drug-likeness (QED) is 0.550. The average Bonchev–Trinajstić information content (AvgIpc) is 3.10. The summed E-state index contributed by atoms with van der Waals surface area (Å²) >= 11 is 0. The van der Waals surface area contributed by atoms with Crippen LogP contribution in [0, 0.1) is 10.1 Å². The molecule has 120 valence electrons. The molecule has 0 aliphatic heterocycles. The van der Waals surface area contributed by atoms with Gasteiger partial charge in [0, 0.05) is 18.2 Å². The second-order valence-electron chi connectivity index (χ2n) is 4.75. The molecule has 0 radical (unpaired) electrons. The zero-order valence-electron chi connectivity index (χ0n) is 12.2. The van der Waals surface area contributed by atoms with Crippen LogP contribution in [-0.2, 0) is 11.2 Å². The molecule has 3 aromatic rings. The van der Waals surface area contributed by atoms with E-state index in [1.54, 1.807) is 18.2 Å². The number of benzene rings is 1. The molecule has 1 aromatic carbocycles. The molecule has 0 aliphatic carbocycles. The third-order valence-corrected chi connectivity index (χ3v) is 3.09. The summed E-state index contributed by atoms with van der Waals surface area (Å²) in [5.74, 6) is 0.489. The van der Waals surface area contributed by atoms with E-state index in [0.29, 0.717) is 17.2 Å². The molecule has 10 nitrogen and oxygen atoms in total. The highest BCUT2D eigenvalue weighted by Crippen LogP contribution is 2.13. The van der Waals surface area contributed by atoms with Crippen molar-refractivity contribution in [2.24, 2.45) is 0 Å². The Balaban J connectivity index is 1.66. The number of non-ortho nitro benzene ring substituents is 1. The second kappa shape index (κ2) is 6.60. The Labute approximate surface area is 135 Å². The van der Waals surface area contributed by atoms with Crippen LogP contribution < -0.4 is 5.32 Å². The van der Waals surface area contributed by atoms with Crippen LogP contribution in [0.15, 0.2) is 49.3 Å². The smallest absolute Gasteiger partial charge is 0.269 e. The number of amides is 1. The van der Waals surface area contributed by atoms with Crippen molar-refractivity contribution in [2.75, 3.05) is 5.32 Å². The molecule has 10 heteroatoms. The van der Waals surface area contributed by atoms with Crippen molar-refractivity contribution in [3.8, 4) is 5.82 Å². The van der Waals surface area contributed by atoms with E-state index in [1.807, 2.05) is 0 Å². The lowest BCUT2D eigenvalue weighted by Crippen LogP contribution is -2.16. The van der Waals surface area contributed by atoms with Gasteiger partial charge < -0.3 is 5.32 Å². The van der Waals surface area contributed by atoms with Crippen LogP contribution in [0.25, 0.3) is 5.82 Å². The molecule has 0 saturated heterocycles. The Kier molecular flexibility index (Phi) is 4.19. The molecule has 1 N–H and O–H groups in total. The van der Waals surface area contributed by atoms with E-state index in [0.717, 1.165) is 0 Å². The van der Waals surface area contributed by atoms with Crippen molar-refractivity contribution in [1.29, 1.82) is 0 Å². The maximum absolute atomic E-state index is 12.1. The van der Waals surface area contributed by atoms with Crippen LogP contribution in [0.3, 0.4) is 0 Å². The number of carbonyl (C=O) groups excluding carboxylic acids is 1. The number of nitrogens with one attached hydrogen (secondary N) is 1. The first-order valence-corrected chi connectivity index (χ1v) is 6.82. The van der Waals surface area contributed by atoms with Gasteiger partial charge in [-0.15, -0.1) is 0 Å². The van der Waals surface area contributed by atoms with E-state index >= 15 is 0 Å². The van der Waals surface area contributed by atoms with Crippen LogP contribution in [0.5, 0.6) is 0 Å². The minimum atomic E-state index is -0.490. The summed E-state index contributed by atoms with van der Waals surface area (Å²) in [6.07, 6.45) is 4.22. The molecule has 0 saturated carbocycles. The minimum absolute atomic E-state index is 0.0209. The van der Waals surface area contributed by atoms with Crippen LogP contribution in [0.2, 0.25) is 0 Å². The number of aromatic nitrogens is 5. The number of nitro benzene ring substituents is 1. The molecular formula is C14H11N7O3. The number of carbonyl (C=O) groups is 1. The number of hydrogen-bond acceptors (Lipinski definition) is 7. The lowest BCUT2D eigenvalue weighted by molar-refractivity contribution is -0.384. The first-order chi connectivity index (χ1) is 11.6. The molecule has 0 aliphatic rings. The number of hydrogen-bond donors (Lipinski definition) is 1. The Morgan fingerprint density at radius 3 is 2.67 bits per heavy atom. The summed E-state index contributed by atoms with van der Waals surface area (Å²) in [5, 5.41) is 17.2. The lowest BCUT2D eigenvalue weighted by Gasteiger charge is -2.06. The highest BCUT2D eigenvalue weighted by Gasteiger charge is 2.09. The molecule has 0 unspecified atom stereocenters. The second-order valence-corrected chi connectivity index (χ2v) is 4.75. The van der Waals surface area contributed by atoms with Crippen molar-refractivity contribution in [3.63, 3.8) is 0 Å². The molecule has 0 spiro atoms. The zero-order valence-corrected chi connectivity index (χ0v) is 12.2. The summed E-state index contributed by atoms with van der Waals surface area (Å²) in [6, 6.07) is 7.35. The SMILES string of the molecule is O=C(Cc1ccc([N+](=O)[O-])cc1)Nc1cc(-n2cncn2)ncn1. The zero-order chi connectivity index (χ0) is 16.9. The van der Waals surface area contributed by atoms with E-state index in [-0.39, 0.29) is 18.0 Å². The molecule has 24 heavy (non-hydrogen) atoms. The Hall–Kier alpha value is -3.69. The van der Waals surface area contributed by atoms with Crippen molar-refractivity contribution >= 4 is 17.4 Å². The van der Waals surface area contributed by atoms with Gasteiger partial charge in [0.05, 0.1) is 11.3 Å². The molecule has 0 atom stereocenters. The van der Waals surface area contributed by atoms with Gasteiger partial charge >= 0.3 is 0 Å². The molecule has 3 rings (SSSR count). The third-order valence-electron chi connectivity index (χ3n) is 3.09.